The molecule has 3 rings (SSSR count). The molecule has 0 fully saturated rings. The van der Waals surface area contributed by atoms with E-state index in [2.05, 4.69) is 15.3 Å². The van der Waals surface area contributed by atoms with Gasteiger partial charge in [0.05, 0.1) is 17.7 Å². The van der Waals surface area contributed by atoms with Gasteiger partial charge in [-0.1, -0.05) is 12.1 Å². The second-order valence-corrected chi connectivity index (χ2v) is 5.82. The van der Waals surface area contributed by atoms with Crippen LogP contribution in [0, 0.1) is 6.92 Å². The Bertz CT molecular complexity index is 876. The molecule has 0 radical (unpaired) electrons. The zero-order valence-corrected chi connectivity index (χ0v) is 13.5. The van der Waals surface area contributed by atoms with Gasteiger partial charge in [0.2, 0.25) is 0 Å². The number of hydrogen-bond acceptors (Lipinski definition) is 7. The summed E-state index contributed by atoms with van der Waals surface area (Å²) in [5.74, 6) is 0.306. The molecule has 0 atom stereocenters. The Morgan fingerprint density at radius 2 is 2.13 bits per heavy atom. The number of carbonyl (C=O) groups is 1. The van der Waals surface area contributed by atoms with Crippen molar-refractivity contribution in [1.29, 1.82) is 0 Å². The molecular formula is C16H15N3O3S. The van der Waals surface area contributed by atoms with Crippen molar-refractivity contribution in [3.05, 3.63) is 41.0 Å². The van der Waals surface area contributed by atoms with Gasteiger partial charge in [0.15, 0.2) is 0 Å². The van der Waals surface area contributed by atoms with Crippen LogP contribution in [-0.2, 0) is 4.74 Å². The lowest BCUT2D eigenvalue weighted by Crippen LogP contribution is -2.03. The standard InChI is InChI=1S/C16H15N3O3S/c1-3-22-16(21)13-9(2)12-14(17-8-18-15(12)23-13)19-10-6-4-5-7-11(10)20/h4-8,20H,3H2,1-2H3,(H,17,18,19). The van der Waals surface area contributed by atoms with E-state index >= 15 is 0 Å². The number of carbonyl (C=O) groups excluding carboxylic acids is 1. The van der Waals surface area contributed by atoms with E-state index in [1.165, 1.54) is 17.7 Å². The SMILES string of the molecule is CCOC(=O)c1sc2ncnc(Nc3ccccc3O)c2c1C. The summed E-state index contributed by atoms with van der Waals surface area (Å²) in [4.78, 5) is 21.7. The number of nitrogens with one attached hydrogen (secondary N) is 1. The van der Waals surface area contributed by atoms with Crippen LogP contribution in [0.1, 0.15) is 22.2 Å². The van der Waals surface area contributed by atoms with Gasteiger partial charge in [-0.05, 0) is 31.5 Å². The molecule has 3 aromatic rings. The Hall–Kier alpha value is -2.67. The van der Waals surface area contributed by atoms with E-state index in [0.717, 1.165) is 10.9 Å². The van der Waals surface area contributed by atoms with Crippen LogP contribution >= 0.6 is 11.3 Å². The fourth-order valence-corrected chi connectivity index (χ4v) is 3.31. The molecule has 7 heteroatoms. The predicted molar refractivity (Wildman–Crippen MR) is 89.5 cm³/mol. The van der Waals surface area contributed by atoms with Crippen LogP contribution < -0.4 is 5.32 Å². The van der Waals surface area contributed by atoms with Gasteiger partial charge in [0.25, 0.3) is 0 Å². The molecule has 1 aromatic carbocycles. The molecule has 6 nitrogen and oxygen atoms in total. The molecule has 0 amide bonds. The Balaban J connectivity index is 2.08. The first-order valence-electron chi connectivity index (χ1n) is 7.08. The normalized spacial score (nSPS) is 10.7. The number of rotatable bonds is 4. The van der Waals surface area contributed by atoms with Crippen molar-refractivity contribution in [3.63, 3.8) is 0 Å². The first-order chi connectivity index (χ1) is 11.1. The number of thiophene rings is 1. The van der Waals surface area contributed by atoms with Crippen molar-refractivity contribution >= 4 is 39.0 Å². The molecule has 0 saturated heterocycles. The van der Waals surface area contributed by atoms with E-state index in [9.17, 15) is 9.90 Å². The number of benzene rings is 1. The molecule has 118 valence electrons. The topological polar surface area (TPSA) is 84.3 Å². The van der Waals surface area contributed by atoms with E-state index in [1.54, 1.807) is 25.1 Å². The fraction of sp³-hybridized carbons (Fsp3) is 0.188. The average Bonchev–Trinajstić information content (AvgIpc) is 2.88. The number of anilines is 2. The Morgan fingerprint density at radius 3 is 2.87 bits per heavy atom. The molecule has 0 unspecified atom stereocenters. The van der Waals surface area contributed by atoms with E-state index in [0.29, 0.717) is 27.8 Å². The van der Waals surface area contributed by atoms with E-state index in [-0.39, 0.29) is 11.7 Å². The zero-order chi connectivity index (χ0) is 16.4. The summed E-state index contributed by atoms with van der Waals surface area (Å²) in [6.45, 7) is 3.93. The molecule has 0 aliphatic carbocycles. The van der Waals surface area contributed by atoms with Gasteiger partial charge in [-0.25, -0.2) is 14.8 Å². The number of phenolic OH excluding ortho intramolecular Hbond substituents is 1. The molecule has 0 bridgehead atoms. The van der Waals surface area contributed by atoms with E-state index in [4.69, 9.17) is 4.74 Å². The highest BCUT2D eigenvalue weighted by atomic mass is 32.1. The van der Waals surface area contributed by atoms with Gasteiger partial charge in [-0.2, -0.15) is 0 Å². The molecule has 0 aliphatic rings. The minimum Gasteiger partial charge on any atom is -0.506 e. The van der Waals surface area contributed by atoms with Crippen LogP contribution in [-0.4, -0.2) is 27.7 Å². The van der Waals surface area contributed by atoms with Crippen molar-refractivity contribution in [3.8, 4) is 5.75 Å². The summed E-state index contributed by atoms with van der Waals surface area (Å²) in [6.07, 6.45) is 1.43. The number of phenols is 1. The van der Waals surface area contributed by atoms with Gasteiger partial charge in [-0.3, -0.25) is 0 Å². The summed E-state index contributed by atoms with van der Waals surface area (Å²) in [5.41, 5.74) is 1.30. The van der Waals surface area contributed by atoms with Crippen molar-refractivity contribution in [1.82, 2.24) is 9.97 Å². The van der Waals surface area contributed by atoms with Crippen molar-refractivity contribution in [2.75, 3.05) is 11.9 Å². The Labute approximate surface area is 136 Å². The maximum atomic E-state index is 12.0. The highest BCUT2D eigenvalue weighted by Gasteiger charge is 2.20. The van der Waals surface area contributed by atoms with Crippen LogP contribution in [0.2, 0.25) is 0 Å². The maximum Gasteiger partial charge on any atom is 0.348 e. The monoisotopic (exact) mass is 329 g/mol. The summed E-state index contributed by atoms with van der Waals surface area (Å²) >= 11 is 1.27. The number of para-hydroxylation sites is 2. The van der Waals surface area contributed by atoms with E-state index < -0.39 is 0 Å². The lowest BCUT2D eigenvalue weighted by Gasteiger charge is -2.08. The van der Waals surface area contributed by atoms with Crippen molar-refractivity contribution in [2.24, 2.45) is 0 Å². The van der Waals surface area contributed by atoms with Gasteiger partial charge in [0.1, 0.15) is 27.6 Å². The number of esters is 1. The number of hydrogen-bond donors (Lipinski definition) is 2. The Kier molecular flexibility index (Phi) is 4.12. The molecular weight excluding hydrogens is 314 g/mol. The van der Waals surface area contributed by atoms with Crippen LogP contribution in [0.15, 0.2) is 30.6 Å². The molecule has 0 saturated carbocycles. The quantitative estimate of drug-likeness (QED) is 0.562. The zero-order valence-electron chi connectivity index (χ0n) is 12.7. The summed E-state index contributed by atoms with van der Waals surface area (Å²) in [7, 11) is 0. The third-order valence-electron chi connectivity index (χ3n) is 3.34. The molecule has 23 heavy (non-hydrogen) atoms. The smallest absolute Gasteiger partial charge is 0.348 e. The van der Waals surface area contributed by atoms with Crippen LogP contribution in [0.3, 0.4) is 0 Å². The van der Waals surface area contributed by atoms with Crippen LogP contribution in [0.25, 0.3) is 10.2 Å². The fourth-order valence-electron chi connectivity index (χ4n) is 2.26. The predicted octanol–water partition coefficient (Wildman–Crippen LogP) is 3.63. The molecule has 0 aliphatic heterocycles. The van der Waals surface area contributed by atoms with E-state index in [1.807, 2.05) is 13.0 Å². The highest BCUT2D eigenvalue weighted by molar-refractivity contribution is 7.20. The Morgan fingerprint density at radius 1 is 1.35 bits per heavy atom. The number of nitrogens with zero attached hydrogens (tertiary/aromatic N) is 2. The van der Waals surface area contributed by atoms with Gasteiger partial charge in [0, 0.05) is 0 Å². The lowest BCUT2D eigenvalue weighted by molar-refractivity contribution is 0.0531. The third kappa shape index (κ3) is 2.83. The van der Waals surface area contributed by atoms with Crippen molar-refractivity contribution < 1.29 is 14.6 Å². The molecule has 2 N–H and O–H groups in total. The number of ether oxygens (including phenoxy) is 1. The third-order valence-corrected chi connectivity index (χ3v) is 4.52. The number of aryl methyl sites for hydroxylation is 1. The minimum atomic E-state index is -0.360. The summed E-state index contributed by atoms with van der Waals surface area (Å²) < 4.78 is 5.08. The highest BCUT2D eigenvalue weighted by Crippen LogP contribution is 2.36. The first kappa shape index (κ1) is 15.2. The van der Waals surface area contributed by atoms with Crippen LogP contribution in [0.4, 0.5) is 11.5 Å². The lowest BCUT2D eigenvalue weighted by atomic mass is 10.2. The van der Waals surface area contributed by atoms with Gasteiger partial charge >= 0.3 is 5.97 Å². The number of aromatic hydroxyl groups is 1. The average molecular weight is 329 g/mol. The second kappa shape index (κ2) is 6.21. The second-order valence-electron chi connectivity index (χ2n) is 4.82. The van der Waals surface area contributed by atoms with Gasteiger partial charge < -0.3 is 15.2 Å². The molecule has 2 aromatic heterocycles. The summed E-state index contributed by atoms with van der Waals surface area (Å²) in [5, 5.41) is 13.7. The van der Waals surface area contributed by atoms with Gasteiger partial charge in [-0.15, -0.1) is 11.3 Å². The number of aromatic nitrogens is 2. The van der Waals surface area contributed by atoms with Crippen molar-refractivity contribution in [2.45, 2.75) is 13.8 Å². The number of fused-ring (bicyclic) bond motifs is 1. The maximum absolute atomic E-state index is 12.0. The summed E-state index contributed by atoms with van der Waals surface area (Å²) in [6, 6.07) is 6.89. The first-order valence-corrected chi connectivity index (χ1v) is 7.89. The molecule has 0 spiro atoms. The molecule has 2 heterocycles. The largest absolute Gasteiger partial charge is 0.506 e. The van der Waals surface area contributed by atoms with Crippen LogP contribution in [0.5, 0.6) is 5.75 Å². The minimum absolute atomic E-state index is 0.123.